The van der Waals surface area contributed by atoms with Gasteiger partial charge in [0.25, 0.3) is 0 Å². The van der Waals surface area contributed by atoms with E-state index in [2.05, 4.69) is 10.6 Å². The van der Waals surface area contributed by atoms with Crippen molar-refractivity contribution < 1.29 is 24.2 Å². The molecule has 2 aliphatic rings. The summed E-state index contributed by atoms with van der Waals surface area (Å²) in [5.74, 6) is 0. The average Bonchev–Trinajstić information content (AvgIpc) is 3.24. The van der Waals surface area contributed by atoms with Gasteiger partial charge >= 0.3 is 12.2 Å². The summed E-state index contributed by atoms with van der Waals surface area (Å²) in [5, 5.41) is 14.9. The van der Waals surface area contributed by atoms with Crippen LogP contribution < -0.4 is 20.4 Å². The first kappa shape index (κ1) is 18.2. The fraction of sp³-hybridized carbons (Fsp3) is 0.438. The van der Waals surface area contributed by atoms with E-state index in [1.807, 2.05) is 0 Å². The first-order chi connectivity index (χ1) is 12.6. The molecule has 1 aromatic carbocycles. The van der Waals surface area contributed by atoms with Gasteiger partial charge in [0, 0.05) is 17.9 Å². The molecule has 2 heterocycles. The number of amides is 2. The van der Waals surface area contributed by atoms with Crippen LogP contribution in [0, 0.1) is 0 Å². The van der Waals surface area contributed by atoms with Gasteiger partial charge in [-0.2, -0.15) is 0 Å². The van der Waals surface area contributed by atoms with E-state index in [0.717, 1.165) is 5.69 Å². The van der Waals surface area contributed by atoms with Crippen molar-refractivity contribution in [2.75, 3.05) is 49.2 Å². The molecular formula is C16H20N4O5S. The topological polar surface area (TPSA) is 103 Å². The highest BCUT2D eigenvalue weighted by atomic mass is 32.1. The van der Waals surface area contributed by atoms with Crippen molar-refractivity contribution in [1.29, 1.82) is 0 Å². The number of carbonyl (C=O) groups is 2. The summed E-state index contributed by atoms with van der Waals surface area (Å²) < 4.78 is 10.3. The minimum atomic E-state index is -0.431. The van der Waals surface area contributed by atoms with E-state index in [-0.39, 0.29) is 18.8 Å². The molecule has 0 bridgehead atoms. The molecule has 2 amide bonds. The number of rotatable bonds is 6. The van der Waals surface area contributed by atoms with Crippen LogP contribution in [-0.2, 0) is 9.47 Å². The largest absolute Gasteiger partial charge is 0.447 e. The summed E-state index contributed by atoms with van der Waals surface area (Å²) in [6, 6.07) is 7.08. The zero-order valence-electron chi connectivity index (χ0n) is 14.0. The fourth-order valence-corrected chi connectivity index (χ4v) is 2.90. The van der Waals surface area contributed by atoms with E-state index >= 15 is 0 Å². The first-order valence-electron chi connectivity index (χ1n) is 8.23. The number of cyclic esters (lactones) is 2. The number of nitrogens with one attached hydrogen (secondary N) is 2. The number of thiocarbonyl (C=S) groups is 1. The van der Waals surface area contributed by atoms with E-state index in [1.54, 1.807) is 29.2 Å². The van der Waals surface area contributed by atoms with Gasteiger partial charge in [-0.3, -0.25) is 9.80 Å². The molecule has 3 rings (SSSR count). The summed E-state index contributed by atoms with van der Waals surface area (Å²) in [7, 11) is 0. The molecule has 2 saturated heterocycles. The average molecular weight is 380 g/mol. The van der Waals surface area contributed by atoms with Crippen molar-refractivity contribution in [1.82, 2.24) is 10.6 Å². The molecule has 0 saturated carbocycles. The summed E-state index contributed by atoms with van der Waals surface area (Å²) in [6.07, 6.45) is -1.14. The van der Waals surface area contributed by atoms with Crippen LogP contribution in [0.2, 0.25) is 0 Å². The van der Waals surface area contributed by atoms with Crippen LogP contribution >= 0.6 is 12.2 Å². The van der Waals surface area contributed by atoms with Crippen molar-refractivity contribution in [3.05, 3.63) is 24.3 Å². The Kier molecular flexibility index (Phi) is 5.74. The van der Waals surface area contributed by atoms with Crippen LogP contribution in [0.3, 0.4) is 0 Å². The molecule has 2 aliphatic heterocycles. The molecule has 1 atom stereocenters. The van der Waals surface area contributed by atoms with Crippen molar-refractivity contribution in [2.45, 2.75) is 6.10 Å². The molecule has 2 fully saturated rings. The second-order valence-corrected chi connectivity index (χ2v) is 6.17. The van der Waals surface area contributed by atoms with Gasteiger partial charge < -0.3 is 25.2 Å². The highest BCUT2D eigenvalue weighted by molar-refractivity contribution is 7.80. The number of aliphatic hydroxyl groups is 1. The van der Waals surface area contributed by atoms with Gasteiger partial charge in [-0.1, -0.05) is 0 Å². The molecule has 26 heavy (non-hydrogen) atoms. The van der Waals surface area contributed by atoms with Crippen molar-refractivity contribution in [3.8, 4) is 0 Å². The summed E-state index contributed by atoms with van der Waals surface area (Å²) in [6.45, 7) is 2.00. The van der Waals surface area contributed by atoms with Gasteiger partial charge in [-0.05, 0) is 36.5 Å². The van der Waals surface area contributed by atoms with E-state index < -0.39 is 6.09 Å². The number of ether oxygens (including phenoxy) is 2. The summed E-state index contributed by atoms with van der Waals surface area (Å²) in [5.41, 5.74) is 1.41. The molecular weight excluding hydrogens is 360 g/mol. The molecule has 10 heteroatoms. The SMILES string of the molecule is O=C1OCCN1c1ccc(N2C[C@H](CNC(=S)NCCO)OC2=O)cc1. The predicted molar refractivity (Wildman–Crippen MR) is 98.4 cm³/mol. The number of hydrogen-bond acceptors (Lipinski definition) is 6. The Labute approximate surface area is 155 Å². The third-order valence-electron chi connectivity index (χ3n) is 4.00. The lowest BCUT2D eigenvalue weighted by Crippen LogP contribution is -2.41. The smallest absolute Gasteiger partial charge is 0.414 e. The van der Waals surface area contributed by atoms with Gasteiger partial charge in [0.2, 0.25) is 0 Å². The second kappa shape index (κ2) is 8.19. The van der Waals surface area contributed by atoms with Crippen LogP contribution in [-0.4, -0.2) is 67.9 Å². The number of aliphatic hydroxyl groups excluding tert-OH is 1. The maximum absolute atomic E-state index is 12.1. The van der Waals surface area contributed by atoms with Crippen molar-refractivity contribution in [2.24, 2.45) is 0 Å². The summed E-state index contributed by atoms with van der Waals surface area (Å²) in [4.78, 5) is 26.8. The van der Waals surface area contributed by atoms with E-state index in [0.29, 0.717) is 43.6 Å². The van der Waals surface area contributed by atoms with Gasteiger partial charge in [-0.25, -0.2) is 9.59 Å². The standard InChI is InChI=1S/C16H20N4O5S/c21-7-5-17-14(26)18-9-13-10-20(16(23)25-13)12-3-1-11(2-4-12)19-6-8-24-15(19)22/h1-4,13,21H,5-10H2,(H2,17,18,26)/t13-/m0/s1. The normalized spacial score (nSPS) is 19.3. The Balaban J connectivity index is 1.55. The Morgan fingerprint density at radius 3 is 2.46 bits per heavy atom. The Bertz CT molecular complexity index is 684. The van der Waals surface area contributed by atoms with E-state index in [4.69, 9.17) is 26.8 Å². The molecule has 9 nitrogen and oxygen atoms in total. The minimum Gasteiger partial charge on any atom is -0.447 e. The van der Waals surface area contributed by atoms with Crippen molar-refractivity contribution in [3.63, 3.8) is 0 Å². The van der Waals surface area contributed by atoms with Crippen molar-refractivity contribution >= 4 is 40.9 Å². The lowest BCUT2D eigenvalue weighted by molar-refractivity contribution is 0.142. The summed E-state index contributed by atoms with van der Waals surface area (Å²) >= 11 is 5.05. The third kappa shape index (κ3) is 4.14. The van der Waals surface area contributed by atoms with Gasteiger partial charge in [-0.15, -0.1) is 0 Å². The molecule has 0 aliphatic carbocycles. The predicted octanol–water partition coefficient (Wildman–Crippen LogP) is 0.425. The van der Waals surface area contributed by atoms with Gasteiger partial charge in [0.15, 0.2) is 5.11 Å². The van der Waals surface area contributed by atoms with Crippen LogP contribution in [0.15, 0.2) is 24.3 Å². The highest BCUT2D eigenvalue weighted by Gasteiger charge is 2.32. The van der Waals surface area contributed by atoms with Crippen LogP contribution in [0.25, 0.3) is 0 Å². The van der Waals surface area contributed by atoms with Crippen LogP contribution in [0.5, 0.6) is 0 Å². The molecule has 3 N–H and O–H groups in total. The minimum absolute atomic E-state index is 0.0147. The lowest BCUT2D eigenvalue weighted by Gasteiger charge is -2.16. The Hall–Kier alpha value is -2.59. The second-order valence-electron chi connectivity index (χ2n) is 5.76. The molecule has 0 aromatic heterocycles. The molecule has 1 aromatic rings. The number of hydrogen-bond donors (Lipinski definition) is 3. The number of carbonyl (C=O) groups excluding carboxylic acids is 2. The zero-order chi connectivity index (χ0) is 18.5. The highest BCUT2D eigenvalue weighted by Crippen LogP contribution is 2.26. The third-order valence-corrected chi connectivity index (χ3v) is 4.28. The number of benzene rings is 1. The van der Waals surface area contributed by atoms with Crippen LogP contribution in [0.4, 0.5) is 21.0 Å². The van der Waals surface area contributed by atoms with Gasteiger partial charge in [0.1, 0.15) is 12.7 Å². The van der Waals surface area contributed by atoms with E-state index in [1.165, 1.54) is 4.90 Å². The quantitative estimate of drug-likeness (QED) is 0.611. The molecule has 140 valence electrons. The number of anilines is 2. The monoisotopic (exact) mass is 380 g/mol. The van der Waals surface area contributed by atoms with Crippen LogP contribution in [0.1, 0.15) is 0 Å². The Morgan fingerprint density at radius 2 is 1.85 bits per heavy atom. The molecule has 0 spiro atoms. The first-order valence-corrected chi connectivity index (χ1v) is 8.64. The maximum atomic E-state index is 12.1. The molecule has 0 radical (unpaired) electrons. The zero-order valence-corrected chi connectivity index (χ0v) is 14.8. The maximum Gasteiger partial charge on any atom is 0.414 e. The van der Waals surface area contributed by atoms with E-state index in [9.17, 15) is 9.59 Å². The lowest BCUT2D eigenvalue weighted by atomic mass is 10.2. The van der Waals surface area contributed by atoms with Gasteiger partial charge in [0.05, 0.1) is 26.2 Å². The molecule has 0 unspecified atom stereocenters. The fourth-order valence-electron chi connectivity index (χ4n) is 2.72. The number of nitrogens with zero attached hydrogens (tertiary/aromatic N) is 2. The Morgan fingerprint density at radius 1 is 1.15 bits per heavy atom.